The van der Waals surface area contributed by atoms with E-state index in [0.717, 1.165) is 67.2 Å². The summed E-state index contributed by atoms with van der Waals surface area (Å²) in [6.45, 7) is 6.03. The molecule has 0 unspecified atom stereocenters. The molecule has 0 amide bonds. The highest BCUT2D eigenvalue weighted by Crippen LogP contribution is 2.41. The molecule has 0 bridgehead atoms. The molecule has 0 radical (unpaired) electrons. The molecule has 0 fully saturated rings. The lowest BCUT2D eigenvalue weighted by Crippen LogP contribution is -2.21. The van der Waals surface area contributed by atoms with Crippen molar-refractivity contribution in [3.05, 3.63) is 180 Å². The second-order valence-electron chi connectivity index (χ2n) is 15.5. The lowest BCUT2D eigenvalue weighted by atomic mass is 10.1. The Morgan fingerprint density at radius 3 is 1.47 bits per heavy atom. The lowest BCUT2D eigenvalue weighted by Gasteiger charge is -2.20. The molecule has 5 aromatic heterocycles. The van der Waals surface area contributed by atoms with Gasteiger partial charge >= 0.3 is 5.63 Å². The molecule has 0 saturated heterocycles. The zero-order chi connectivity index (χ0) is 40.1. The Hall–Kier alpha value is -7.35. The van der Waals surface area contributed by atoms with Crippen molar-refractivity contribution < 1.29 is 4.42 Å². The van der Waals surface area contributed by atoms with Crippen molar-refractivity contribution in [2.45, 2.75) is 13.8 Å². The van der Waals surface area contributed by atoms with Gasteiger partial charge < -0.3 is 23.0 Å². The third-order valence-corrected chi connectivity index (χ3v) is 13.4. The Kier molecular flexibility index (Phi) is 7.71. The van der Waals surface area contributed by atoms with E-state index in [-0.39, 0.29) is 5.63 Å². The van der Waals surface area contributed by atoms with E-state index >= 15 is 0 Å². The van der Waals surface area contributed by atoms with Crippen LogP contribution in [0.1, 0.15) is 13.8 Å². The first kappa shape index (κ1) is 34.7. The number of fused-ring (bicyclic) bond motifs is 10. The molecule has 12 rings (SSSR count). The van der Waals surface area contributed by atoms with Crippen LogP contribution in [0.2, 0.25) is 0 Å². The summed E-state index contributed by atoms with van der Waals surface area (Å²) in [5.74, 6) is 0. The number of nitrogens with zero attached hydrogens (tertiary/aromatic N) is 4. The van der Waals surface area contributed by atoms with Crippen molar-refractivity contribution in [3.8, 4) is 26.8 Å². The summed E-state index contributed by atoms with van der Waals surface area (Å²) in [7, 11) is 0. The molecule has 60 heavy (non-hydrogen) atoms. The Morgan fingerprint density at radius 2 is 0.967 bits per heavy atom. The van der Waals surface area contributed by atoms with E-state index in [0.29, 0.717) is 11.1 Å². The third kappa shape index (κ3) is 5.09. The standard InChI is InChI=1S/C53H38N4O2S/c1-3-54(4-2)34-22-21-33-29-43(53(58)59-50(33)32-34)51-27-28-52(60-51)57-48-25-23-35(55-44-17-9-5-13-37(44)38-14-6-10-18-45(38)55)30-41(48)42-31-36(24-26-49(42)57)56-46-19-11-7-15-39(46)40-16-8-12-20-47(40)56/h5-32H,3-4H2,1-2H3. The van der Waals surface area contributed by atoms with Crippen LogP contribution in [0.3, 0.4) is 0 Å². The van der Waals surface area contributed by atoms with Gasteiger partial charge in [0.25, 0.3) is 0 Å². The molecule has 0 saturated carbocycles. The van der Waals surface area contributed by atoms with Gasteiger partial charge in [-0.3, -0.25) is 0 Å². The summed E-state index contributed by atoms with van der Waals surface area (Å²) >= 11 is 1.61. The molecule has 0 N–H and O–H groups in total. The molecule has 0 atom stereocenters. The quantitative estimate of drug-likeness (QED) is 0.151. The summed E-state index contributed by atoms with van der Waals surface area (Å²) in [6.07, 6.45) is 0. The SMILES string of the molecule is CCN(CC)c1ccc2cc(-c3ccc(-n4c5ccc(-n6c7ccccc7c7ccccc76)cc5c5cc(-n6c7ccccc7c7ccccc76)ccc54)s3)c(=O)oc2c1. The molecule has 0 aliphatic heterocycles. The summed E-state index contributed by atoms with van der Waals surface area (Å²) < 4.78 is 13.1. The second-order valence-corrected chi connectivity index (χ2v) is 16.5. The van der Waals surface area contributed by atoms with Gasteiger partial charge in [-0.25, -0.2) is 4.79 Å². The van der Waals surface area contributed by atoms with Crippen molar-refractivity contribution in [1.29, 1.82) is 0 Å². The molecule has 288 valence electrons. The fourth-order valence-corrected chi connectivity index (χ4v) is 10.6. The number of hydrogen-bond acceptors (Lipinski definition) is 4. The molecule has 0 aliphatic rings. The molecule has 0 spiro atoms. The zero-order valence-corrected chi connectivity index (χ0v) is 33.9. The molecule has 6 nitrogen and oxygen atoms in total. The van der Waals surface area contributed by atoms with Gasteiger partial charge in [0.1, 0.15) is 10.6 Å². The highest BCUT2D eigenvalue weighted by atomic mass is 32.1. The predicted octanol–water partition coefficient (Wildman–Crippen LogP) is 13.7. The smallest absolute Gasteiger partial charge is 0.345 e. The molecular weight excluding hydrogens is 757 g/mol. The van der Waals surface area contributed by atoms with Crippen molar-refractivity contribution in [1.82, 2.24) is 13.7 Å². The number of rotatable bonds is 7. The predicted molar refractivity (Wildman–Crippen MR) is 252 cm³/mol. The van der Waals surface area contributed by atoms with Crippen LogP contribution in [0.5, 0.6) is 0 Å². The molecule has 5 heterocycles. The van der Waals surface area contributed by atoms with Gasteiger partial charge in [-0.05, 0) is 105 Å². The van der Waals surface area contributed by atoms with Gasteiger partial charge in [-0.1, -0.05) is 72.8 Å². The Morgan fingerprint density at radius 1 is 0.483 bits per heavy atom. The van der Waals surface area contributed by atoms with Gasteiger partial charge in [0.2, 0.25) is 0 Å². The number of para-hydroxylation sites is 4. The molecule has 7 aromatic carbocycles. The topological polar surface area (TPSA) is 48.2 Å². The average Bonchev–Trinajstić information content (AvgIpc) is 4.06. The van der Waals surface area contributed by atoms with Crippen LogP contribution in [-0.4, -0.2) is 26.8 Å². The minimum absolute atomic E-state index is 0.332. The largest absolute Gasteiger partial charge is 0.422 e. The highest BCUT2D eigenvalue weighted by molar-refractivity contribution is 7.18. The summed E-state index contributed by atoms with van der Waals surface area (Å²) in [5, 5.41) is 9.16. The van der Waals surface area contributed by atoms with E-state index < -0.39 is 0 Å². The number of anilines is 1. The van der Waals surface area contributed by atoms with Crippen molar-refractivity contribution in [3.63, 3.8) is 0 Å². The van der Waals surface area contributed by atoms with Gasteiger partial charge in [-0.15, -0.1) is 11.3 Å². The van der Waals surface area contributed by atoms with Crippen LogP contribution >= 0.6 is 11.3 Å². The van der Waals surface area contributed by atoms with Crippen LogP contribution in [0.25, 0.3) is 103 Å². The summed E-state index contributed by atoms with van der Waals surface area (Å²) in [4.78, 5) is 16.8. The Bertz CT molecular complexity index is 3470. The van der Waals surface area contributed by atoms with Gasteiger partial charge in [-0.2, -0.15) is 0 Å². The van der Waals surface area contributed by atoms with E-state index in [1.165, 1.54) is 43.6 Å². The Labute approximate surface area is 349 Å². The van der Waals surface area contributed by atoms with Crippen LogP contribution < -0.4 is 10.5 Å². The monoisotopic (exact) mass is 794 g/mol. The minimum atomic E-state index is -0.332. The number of aromatic nitrogens is 3. The maximum atomic E-state index is 13.7. The van der Waals surface area contributed by atoms with Crippen LogP contribution in [0.15, 0.2) is 179 Å². The van der Waals surface area contributed by atoms with E-state index in [9.17, 15) is 4.79 Å². The van der Waals surface area contributed by atoms with Crippen molar-refractivity contribution in [2.75, 3.05) is 18.0 Å². The molecule has 12 aromatic rings. The van der Waals surface area contributed by atoms with Crippen molar-refractivity contribution >= 4 is 93.4 Å². The fraction of sp³-hybridized carbons (Fsp3) is 0.0755. The average molecular weight is 795 g/mol. The van der Waals surface area contributed by atoms with E-state index in [4.69, 9.17) is 4.42 Å². The number of thiophene rings is 1. The van der Waals surface area contributed by atoms with Gasteiger partial charge in [0.15, 0.2) is 0 Å². The van der Waals surface area contributed by atoms with Gasteiger partial charge in [0.05, 0.1) is 38.7 Å². The minimum Gasteiger partial charge on any atom is -0.422 e. The van der Waals surface area contributed by atoms with E-state index in [2.05, 4.69) is 190 Å². The summed E-state index contributed by atoms with van der Waals surface area (Å²) in [6, 6.07) is 60.6. The van der Waals surface area contributed by atoms with Crippen LogP contribution in [0.4, 0.5) is 5.69 Å². The molecule has 0 aliphatic carbocycles. The zero-order valence-electron chi connectivity index (χ0n) is 33.1. The van der Waals surface area contributed by atoms with Crippen molar-refractivity contribution in [2.24, 2.45) is 0 Å². The number of benzene rings is 7. The molecule has 7 heteroatoms. The first-order chi connectivity index (χ1) is 29.6. The van der Waals surface area contributed by atoms with E-state index in [1.807, 2.05) is 12.1 Å². The Balaban J connectivity index is 1.08. The lowest BCUT2D eigenvalue weighted by molar-refractivity contribution is 0.563. The molecular formula is C53H38N4O2S. The fourth-order valence-electron chi connectivity index (χ4n) is 9.57. The maximum absolute atomic E-state index is 13.7. The normalized spacial score (nSPS) is 12.0. The van der Waals surface area contributed by atoms with E-state index in [1.54, 1.807) is 11.3 Å². The van der Waals surface area contributed by atoms with Gasteiger partial charge in [0, 0.05) is 78.8 Å². The van der Waals surface area contributed by atoms with Crippen LogP contribution in [0, 0.1) is 0 Å². The number of hydrogen-bond donors (Lipinski definition) is 0. The first-order valence-electron chi connectivity index (χ1n) is 20.6. The third-order valence-electron chi connectivity index (χ3n) is 12.3. The maximum Gasteiger partial charge on any atom is 0.345 e. The second kappa shape index (κ2) is 13.3. The van der Waals surface area contributed by atoms with Crippen LogP contribution in [-0.2, 0) is 0 Å². The summed E-state index contributed by atoms with van der Waals surface area (Å²) in [5.41, 5.74) is 11.0. The first-order valence-corrected chi connectivity index (χ1v) is 21.4. The highest BCUT2D eigenvalue weighted by Gasteiger charge is 2.21.